The van der Waals surface area contributed by atoms with Crippen LogP contribution in [0.15, 0.2) is 31.0 Å². The summed E-state index contributed by atoms with van der Waals surface area (Å²) in [5.74, 6) is 0.672. The lowest BCUT2D eigenvalue weighted by molar-refractivity contribution is 0.150. The van der Waals surface area contributed by atoms with Gasteiger partial charge >= 0.3 is 0 Å². The highest BCUT2D eigenvalue weighted by Gasteiger charge is 2.05. The molecule has 0 saturated carbocycles. The molecule has 0 aliphatic carbocycles. The van der Waals surface area contributed by atoms with Crippen LogP contribution in [0, 0.1) is 5.92 Å². The van der Waals surface area contributed by atoms with E-state index in [0.29, 0.717) is 5.92 Å². The average Bonchev–Trinajstić information content (AvgIpc) is 2.46. The maximum Gasteiger partial charge on any atom is 0.0589 e. The standard InChI is InChI=1S/C17H29N3O/c1-5-8-20(9-10-21-4)14-17-7-6-16(13-19-17)12-18-11-15(2)3/h5-7,13,15,18H,1,8-12,14H2,2-4H3. The van der Waals surface area contributed by atoms with Crippen molar-refractivity contribution >= 4 is 0 Å². The van der Waals surface area contributed by atoms with Gasteiger partial charge in [0.1, 0.15) is 0 Å². The molecule has 0 atom stereocenters. The average molecular weight is 291 g/mol. The van der Waals surface area contributed by atoms with Gasteiger partial charge in [0.15, 0.2) is 0 Å². The van der Waals surface area contributed by atoms with Crippen LogP contribution in [0.4, 0.5) is 0 Å². The molecule has 0 bridgehead atoms. The Morgan fingerprint density at radius 1 is 1.43 bits per heavy atom. The zero-order valence-electron chi connectivity index (χ0n) is 13.6. The molecule has 21 heavy (non-hydrogen) atoms. The van der Waals surface area contributed by atoms with E-state index in [2.05, 4.69) is 47.8 Å². The number of aromatic nitrogens is 1. The van der Waals surface area contributed by atoms with Gasteiger partial charge in [0.2, 0.25) is 0 Å². The summed E-state index contributed by atoms with van der Waals surface area (Å²) >= 11 is 0. The van der Waals surface area contributed by atoms with E-state index < -0.39 is 0 Å². The normalized spacial score (nSPS) is 11.3. The first kappa shape index (κ1) is 17.8. The SMILES string of the molecule is C=CCN(CCOC)Cc1ccc(CNCC(C)C)cn1. The second-order valence-corrected chi connectivity index (χ2v) is 5.70. The smallest absolute Gasteiger partial charge is 0.0589 e. The molecule has 1 rings (SSSR count). The van der Waals surface area contributed by atoms with Crippen LogP contribution in [0.5, 0.6) is 0 Å². The topological polar surface area (TPSA) is 37.4 Å². The van der Waals surface area contributed by atoms with Crippen LogP contribution in [0.25, 0.3) is 0 Å². The lowest BCUT2D eigenvalue weighted by Gasteiger charge is -2.19. The van der Waals surface area contributed by atoms with Gasteiger partial charge in [-0.1, -0.05) is 26.0 Å². The van der Waals surface area contributed by atoms with Crippen LogP contribution in [-0.4, -0.2) is 43.2 Å². The molecule has 1 aromatic heterocycles. The van der Waals surface area contributed by atoms with Crippen molar-refractivity contribution in [2.45, 2.75) is 26.9 Å². The fourth-order valence-corrected chi connectivity index (χ4v) is 2.03. The molecule has 0 amide bonds. The highest BCUT2D eigenvalue weighted by atomic mass is 16.5. The lowest BCUT2D eigenvalue weighted by atomic mass is 10.2. The van der Waals surface area contributed by atoms with E-state index in [9.17, 15) is 0 Å². The molecule has 0 fully saturated rings. The molecule has 0 radical (unpaired) electrons. The van der Waals surface area contributed by atoms with Crippen LogP contribution < -0.4 is 5.32 Å². The van der Waals surface area contributed by atoms with Gasteiger partial charge in [-0.15, -0.1) is 6.58 Å². The van der Waals surface area contributed by atoms with Gasteiger partial charge in [-0.25, -0.2) is 0 Å². The second kappa shape index (κ2) is 10.5. The zero-order valence-corrected chi connectivity index (χ0v) is 13.6. The van der Waals surface area contributed by atoms with Crippen molar-refractivity contribution in [2.24, 2.45) is 5.92 Å². The zero-order chi connectivity index (χ0) is 15.5. The van der Waals surface area contributed by atoms with E-state index >= 15 is 0 Å². The number of nitrogens with zero attached hydrogens (tertiary/aromatic N) is 2. The first-order valence-electron chi connectivity index (χ1n) is 7.62. The molecule has 4 nitrogen and oxygen atoms in total. The van der Waals surface area contributed by atoms with E-state index in [0.717, 1.165) is 45.0 Å². The van der Waals surface area contributed by atoms with E-state index in [-0.39, 0.29) is 0 Å². The van der Waals surface area contributed by atoms with Gasteiger partial charge in [0.25, 0.3) is 0 Å². The summed E-state index contributed by atoms with van der Waals surface area (Å²) in [4.78, 5) is 6.82. The van der Waals surface area contributed by atoms with E-state index in [1.54, 1.807) is 7.11 Å². The monoisotopic (exact) mass is 291 g/mol. The molecule has 0 aliphatic heterocycles. The third-order valence-electron chi connectivity index (χ3n) is 3.15. The second-order valence-electron chi connectivity index (χ2n) is 5.70. The molecule has 4 heteroatoms. The van der Waals surface area contributed by atoms with Gasteiger partial charge in [-0.2, -0.15) is 0 Å². The van der Waals surface area contributed by atoms with Crippen molar-refractivity contribution in [3.05, 3.63) is 42.2 Å². The molecule has 118 valence electrons. The Kier molecular flexibility index (Phi) is 8.90. The van der Waals surface area contributed by atoms with Crippen molar-refractivity contribution in [1.82, 2.24) is 15.2 Å². The lowest BCUT2D eigenvalue weighted by Crippen LogP contribution is -2.27. The maximum atomic E-state index is 5.13. The predicted octanol–water partition coefficient (Wildman–Crippen LogP) is 2.46. The minimum atomic E-state index is 0.672. The van der Waals surface area contributed by atoms with Crippen LogP contribution in [0.2, 0.25) is 0 Å². The summed E-state index contributed by atoms with van der Waals surface area (Å²) in [7, 11) is 1.73. The molecular weight excluding hydrogens is 262 g/mol. The van der Waals surface area contributed by atoms with Crippen molar-refractivity contribution in [2.75, 3.05) is 33.4 Å². The first-order chi connectivity index (χ1) is 10.2. The minimum absolute atomic E-state index is 0.672. The molecule has 1 aromatic rings. The van der Waals surface area contributed by atoms with Crippen molar-refractivity contribution < 1.29 is 4.74 Å². The molecular formula is C17H29N3O. The summed E-state index contributed by atoms with van der Waals surface area (Å²) < 4.78 is 5.13. The highest BCUT2D eigenvalue weighted by Crippen LogP contribution is 2.04. The number of hydrogen-bond donors (Lipinski definition) is 1. The van der Waals surface area contributed by atoms with Crippen molar-refractivity contribution in [3.63, 3.8) is 0 Å². The number of nitrogens with one attached hydrogen (secondary N) is 1. The van der Waals surface area contributed by atoms with Crippen LogP contribution in [-0.2, 0) is 17.8 Å². The third kappa shape index (κ3) is 7.95. The van der Waals surface area contributed by atoms with Gasteiger partial charge in [-0.3, -0.25) is 9.88 Å². The van der Waals surface area contributed by atoms with E-state index in [4.69, 9.17) is 4.74 Å². The summed E-state index contributed by atoms with van der Waals surface area (Å²) in [6, 6.07) is 4.26. The Hall–Kier alpha value is -1.23. The molecule has 0 unspecified atom stereocenters. The Bertz CT molecular complexity index is 390. The third-order valence-corrected chi connectivity index (χ3v) is 3.15. The molecule has 0 aliphatic rings. The number of hydrogen-bond acceptors (Lipinski definition) is 4. The van der Waals surface area contributed by atoms with Crippen molar-refractivity contribution in [3.8, 4) is 0 Å². The molecule has 0 spiro atoms. The Morgan fingerprint density at radius 3 is 2.81 bits per heavy atom. The summed E-state index contributed by atoms with van der Waals surface area (Å²) in [6.07, 6.45) is 3.88. The maximum absolute atomic E-state index is 5.13. The van der Waals surface area contributed by atoms with Crippen molar-refractivity contribution in [1.29, 1.82) is 0 Å². The largest absolute Gasteiger partial charge is 0.383 e. The Morgan fingerprint density at radius 2 is 2.24 bits per heavy atom. The molecule has 0 saturated heterocycles. The van der Waals surface area contributed by atoms with Gasteiger partial charge < -0.3 is 10.1 Å². The van der Waals surface area contributed by atoms with Gasteiger partial charge in [0, 0.05) is 39.5 Å². The number of methoxy groups -OCH3 is 1. The fourth-order valence-electron chi connectivity index (χ4n) is 2.03. The van der Waals surface area contributed by atoms with Crippen LogP contribution >= 0.6 is 0 Å². The quantitative estimate of drug-likeness (QED) is 0.636. The summed E-state index contributed by atoms with van der Waals surface area (Å²) in [5, 5.41) is 3.43. The van der Waals surface area contributed by atoms with Gasteiger partial charge in [-0.05, 0) is 24.1 Å². The Balaban J connectivity index is 2.45. The Labute approximate surface area is 129 Å². The highest BCUT2D eigenvalue weighted by molar-refractivity contribution is 5.14. The number of rotatable bonds is 11. The summed E-state index contributed by atoms with van der Waals surface area (Å²) in [6.45, 7) is 13.4. The van der Waals surface area contributed by atoms with Gasteiger partial charge in [0.05, 0.1) is 12.3 Å². The molecule has 1 heterocycles. The number of ether oxygens (including phenoxy) is 1. The predicted molar refractivity (Wildman–Crippen MR) is 88.1 cm³/mol. The molecule has 0 aromatic carbocycles. The first-order valence-corrected chi connectivity index (χ1v) is 7.62. The molecule has 1 N–H and O–H groups in total. The van der Waals surface area contributed by atoms with Crippen LogP contribution in [0.1, 0.15) is 25.1 Å². The minimum Gasteiger partial charge on any atom is -0.383 e. The fraction of sp³-hybridized carbons (Fsp3) is 0.588. The van der Waals surface area contributed by atoms with Crippen LogP contribution in [0.3, 0.4) is 0 Å². The summed E-state index contributed by atoms with van der Waals surface area (Å²) in [5.41, 5.74) is 2.31. The van der Waals surface area contributed by atoms with E-state index in [1.165, 1.54) is 5.56 Å². The van der Waals surface area contributed by atoms with E-state index in [1.807, 2.05) is 12.3 Å². The number of pyridine rings is 1.